The second kappa shape index (κ2) is 7.82. The van der Waals surface area contributed by atoms with Crippen molar-refractivity contribution in [2.45, 2.75) is 37.8 Å². The van der Waals surface area contributed by atoms with E-state index in [-0.39, 0.29) is 12.1 Å². The highest BCUT2D eigenvalue weighted by Crippen LogP contribution is 2.42. The van der Waals surface area contributed by atoms with E-state index < -0.39 is 0 Å². The zero-order valence-electron chi connectivity index (χ0n) is 17.9. The lowest BCUT2D eigenvalue weighted by molar-refractivity contribution is 0.107. The molecule has 4 aromatic heterocycles. The first-order chi connectivity index (χ1) is 16.1. The molecule has 1 saturated carbocycles. The number of pyridine rings is 1. The van der Waals surface area contributed by atoms with Crippen molar-refractivity contribution in [3.63, 3.8) is 0 Å². The standard InChI is InChI=1S/C23H22N6O3S/c1-31-23-17(11-29(27-23)12-5-7-13(30)8-6-12)16-10-25-22(24)20-15(16)9-19(32-20)14-3-2-4-18-21(14)33-28-26-18/h2-4,9-13,30H,5-8H2,1H3,(H2,24,25). The van der Waals surface area contributed by atoms with Gasteiger partial charge in [-0.15, -0.1) is 10.2 Å². The van der Waals surface area contributed by atoms with E-state index in [0.29, 0.717) is 23.0 Å². The maximum absolute atomic E-state index is 9.86. The van der Waals surface area contributed by atoms with Crippen molar-refractivity contribution in [2.75, 3.05) is 12.8 Å². The molecule has 1 aliphatic rings. The molecule has 0 atom stereocenters. The van der Waals surface area contributed by atoms with Crippen molar-refractivity contribution in [1.29, 1.82) is 0 Å². The van der Waals surface area contributed by atoms with Crippen LogP contribution < -0.4 is 10.5 Å². The number of nitrogens with zero attached hydrogens (tertiary/aromatic N) is 5. The number of fused-ring (bicyclic) bond motifs is 2. The summed E-state index contributed by atoms with van der Waals surface area (Å²) in [6.07, 6.45) is 6.82. The van der Waals surface area contributed by atoms with E-state index in [1.54, 1.807) is 13.3 Å². The Balaban J connectivity index is 1.48. The normalized spacial score (nSPS) is 18.8. The molecule has 1 aromatic carbocycles. The van der Waals surface area contributed by atoms with E-state index in [0.717, 1.165) is 58.0 Å². The monoisotopic (exact) mass is 462 g/mol. The van der Waals surface area contributed by atoms with Crippen LogP contribution in [-0.2, 0) is 0 Å². The van der Waals surface area contributed by atoms with E-state index in [2.05, 4.69) is 14.6 Å². The predicted molar refractivity (Wildman–Crippen MR) is 126 cm³/mol. The van der Waals surface area contributed by atoms with Crippen molar-refractivity contribution in [2.24, 2.45) is 0 Å². The highest BCUT2D eigenvalue weighted by atomic mass is 32.1. The molecule has 6 rings (SSSR count). The Kier molecular flexibility index (Phi) is 4.77. The third kappa shape index (κ3) is 3.33. The topological polar surface area (TPSA) is 125 Å². The van der Waals surface area contributed by atoms with Crippen LogP contribution in [0.3, 0.4) is 0 Å². The second-order valence-corrected chi connectivity index (χ2v) is 9.09. The third-order valence-corrected chi connectivity index (χ3v) is 7.12. The smallest absolute Gasteiger partial charge is 0.240 e. The molecular formula is C23H22N6O3S. The molecule has 1 aliphatic carbocycles. The van der Waals surface area contributed by atoms with Crippen molar-refractivity contribution < 1.29 is 14.3 Å². The Morgan fingerprint density at radius 3 is 2.85 bits per heavy atom. The molecule has 5 aromatic rings. The van der Waals surface area contributed by atoms with Gasteiger partial charge < -0.3 is 20.0 Å². The highest BCUT2D eigenvalue weighted by molar-refractivity contribution is 7.13. The lowest BCUT2D eigenvalue weighted by atomic mass is 9.93. The summed E-state index contributed by atoms with van der Waals surface area (Å²) in [6, 6.07) is 8.05. The number of methoxy groups -OCH3 is 1. The van der Waals surface area contributed by atoms with Crippen LogP contribution in [-0.4, -0.2) is 42.7 Å². The lowest BCUT2D eigenvalue weighted by Gasteiger charge is -2.25. The minimum Gasteiger partial charge on any atom is -0.479 e. The zero-order chi connectivity index (χ0) is 22.5. The van der Waals surface area contributed by atoms with Crippen LogP contribution >= 0.6 is 11.5 Å². The summed E-state index contributed by atoms with van der Waals surface area (Å²) in [5.41, 5.74) is 10.1. The van der Waals surface area contributed by atoms with Gasteiger partial charge in [0.05, 0.1) is 29.5 Å². The van der Waals surface area contributed by atoms with Gasteiger partial charge >= 0.3 is 0 Å². The molecular weight excluding hydrogens is 440 g/mol. The van der Waals surface area contributed by atoms with E-state index in [1.807, 2.05) is 35.1 Å². The Hall–Kier alpha value is -3.50. The summed E-state index contributed by atoms with van der Waals surface area (Å²) < 4.78 is 18.8. The predicted octanol–water partition coefficient (Wildman–Crippen LogP) is 4.43. The number of anilines is 1. The number of ether oxygens (including phenoxy) is 1. The Bertz CT molecular complexity index is 1460. The summed E-state index contributed by atoms with van der Waals surface area (Å²) in [4.78, 5) is 4.39. The first-order valence-corrected chi connectivity index (χ1v) is 11.6. The average Bonchev–Trinajstić information content (AvgIpc) is 3.57. The van der Waals surface area contributed by atoms with E-state index in [4.69, 9.17) is 20.0 Å². The van der Waals surface area contributed by atoms with Crippen molar-refractivity contribution in [3.05, 3.63) is 36.7 Å². The molecule has 0 spiro atoms. The zero-order valence-corrected chi connectivity index (χ0v) is 18.7. The van der Waals surface area contributed by atoms with Crippen molar-refractivity contribution >= 4 is 38.5 Å². The van der Waals surface area contributed by atoms with Crippen LogP contribution in [0.15, 0.2) is 41.1 Å². The fourth-order valence-corrected chi connectivity index (χ4v) is 5.29. The van der Waals surface area contributed by atoms with Crippen LogP contribution in [0.25, 0.3) is 43.6 Å². The van der Waals surface area contributed by atoms with E-state index in [1.165, 1.54) is 11.5 Å². The van der Waals surface area contributed by atoms with Crippen LogP contribution in [0, 0.1) is 0 Å². The number of nitrogens with two attached hydrogens (primary N) is 1. The van der Waals surface area contributed by atoms with Crippen LogP contribution in [0.1, 0.15) is 31.7 Å². The highest BCUT2D eigenvalue weighted by Gasteiger charge is 2.25. The van der Waals surface area contributed by atoms with Gasteiger partial charge in [-0.3, -0.25) is 4.68 Å². The maximum Gasteiger partial charge on any atom is 0.240 e. The number of aromatic nitrogens is 5. The number of nitrogen functional groups attached to an aromatic ring is 1. The molecule has 1 fully saturated rings. The first kappa shape index (κ1) is 20.1. The van der Waals surface area contributed by atoms with Gasteiger partial charge in [-0.1, -0.05) is 10.6 Å². The fourth-order valence-electron chi connectivity index (χ4n) is 4.61. The van der Waals surface area contributed by atoms with Gasteiger partial charge in [-0.2, -0.15) is 0 Å². The van der Waals surface area contributed by atoms with Gasteiger partial charge in [0.25, 0.3) is 0 Å². The maximum atomic E-state index is 9.86. The SMILES string of the molecule is COc1nn(C2CCC(O)CC2)cc1-c1cnc(N)c2oc(-c3cccc4nnsc34)cc12. The molecule has 4 heterocycles. The third-order valence-electron chi connectivity index (χ3n) is 6.35. The molecule has 0 aliphatic heterocycles. The van der Waals surface area contributed by atoms with Crippen molar-refractivity contribution in [1.82, 2.24) is 24.4 Å². The van der Waals surface area contributed by atoms with Crippen LogP contribution in [0.4, 0.5) is 5.82 Å². The number of rotatable bonds is 4. The van der Waals surface area contributed by atoms with Gasteiger partial charge in [0.1, 0.15) is 11.3 Å². The minimum atomic E-state index is -0.221. The Morgan fingerprint density at radius 2 is 2.03 bits per heavy atom. The average molecular weight is 463 g/mol. The molecule has 0 bridgehead atoms. The number of benzene rings is 1. The number of hydrogen-bond acceptors (Lipinski definition) is 9. The number of furan rings is 1. The summed E-state index contributed by atoms with van der Waals surface area (Å²) in [5, 5.41) is 19.5. The number of aliphatic hydroxyl groups excluding tert-OH is 1. The molecule has 10 heteroatoms. The molecule has 0 radical (unpaired) electrons. The summed E-state index contributed by atoms with van der Waals surface area (Å²) in [6.45, 7) is 0. The van der Waals surface area contributed by atoms with Gasteiger partial charge in [0, 0.05) is 28.9 Å². The van der Waals surface area contributed by atoms with Crippen molar-refractivity contribution in [3.8, 4) is 28.3 Å². The molecule has 168 valence electrons. The summed E-state index contributed by atoms with van der Waals surface area (Å²) in [5.74, 6) is 1.52. The molecule has 0 unspecified atom stereocenters. The molecule has 9 nitrogen and oxygen atoms in total. The van der Waals surface area contributed by atoms with Crippen LogP contribution in [0.2, 0.25) is 0 Å². The Morgan fingerprint density at radius 1 is 1.18 bits per heavy atom. The summed E-state index contributed by atoms with van der Waals surface area (Å²) >= 11 is 1.33. The number of hydrogen-bond donors (Lipinski definition) is 2. The number of aliphatic hydroxyl groups is 1. The van der Waals surface area contributed by atoms with Gasteiger partial charge in [-0.05, 0) is 55.4 Å². The van der Waals surface area contributed by atoms with Crippen LogP contribution in [0.5, 0.6) is 5.88 Å². The minimum absolute atomic E-state index is 0.221. The van der Waals surface area contributed by atoms with E-state index in [9.17, 15) is 5.11 Å². The molecule has 0 saturated heterocycles. The second-order valence-electron chi connectivity index (χ2n) is 8.33. The molecule has 3 N–H and O–H groups in total. The van der Waals surface area contributed by atoms with E-state index >= 15 is 0 Å². The van der Waals surface area contributed by atoms with Gasteiger partial charge in [0.15, 0.2) is 11.4 Å². The molecule has 33 heavy (non-hydrogen) atoms. The van der Waals surface area contributed by atoms with Gasteiger partial charge in [-0.25, -0.2) is 4.98 Å². The molecule has 0 amide bonds. The summed E-state index contributed by atoms with van der Waals surface area (Å²) in [7, 11) is 1.61. The quantitative estimate of drug-likeness (QED) is 0.402. The van der Waals surface area contributed by atoms with Gasteiger partial charge in [0.2, 0.25) is 5.88 Å². The first-order valence-electron chi connectivity index (χ1n) is 10.8. The Labute approximate surface area is 193 Å². The fraction of sp³-hybridized carbons (Fsp3) is 0.304. The largest absolute Gasteiger partial charge is 0.479 e. The lowest BCUT2D eigenvalue weighted by Crippen LogP contribution is -2.21.